The van der Waals surface area contributed by atoms with Crippen LogP contribution in [-0.2, 0) is 0 Å². The van der Waals surface area contributed by atoms with Crippen LogP contribution in [0.4, 0.5) is 0 Å². The Morgan fingerprint density at radius 1 is 0.867 bits per heavy atom. The summed E-state index contributed by atoms with van der Waals surface area (Å²) in [5.74, 6) is 0. The van der Waals surface area contributed by atoms with Gasteiger partial charge < -0.3 is 0 Å². The van der Waals surface area contributed by atoms with Crippen molar-refractivity contribution in [3.05, 3.63) is 42.5 Å². The van der Waals surface area contributed by atoms with Gasteiger partial charge in [0.25, 0.3) is 0 Å². The van der Waals surface area contributed by atoms with Crippen LogP contribution in [0.2, 0.25) is 19.6 Å². The third-order valence-corrected chi connectivity index (χ3v) is 5.79. The fraction of sp³-hybridized carbons (Fsp3) is 0.231. The molecule has 0 amide bonds. The van der Waals surface area contributed by atoms with E-state index in [4.69, 9.17) is 0 Å². The zero-order chi connectivity index (χ0) is 10.9. The van der Waals surface area contributed by atoms with Gasteiger partial charge in [0, 0.05) is 4.90 Å². The standard InChI is InChI=1S/C13H16SSi/c1-15(2,3)14-13-9-8-11-6-4-5-7-12(11)10-13/h4-10H,1-3H3. The third-order valence-electron chi connectivity index (χ3n) is 2.14. The van der Waals surface area contributed by atoms with Crippen molar-refractivity contribution in [1.82, 2.24) is 0 Å². The van der Waals surface area contributed by atoms with E-state index in [0.29, 0.717) is 0 Å². The van der Waals surface area contributed by atoms with Gasteiger partial charge in [0.2, 0.25) is 0 Å². The van der Waals surface area contributed by atoms with Crippen LogP contribution < -0.4 is 0 Å². The van der Waals surface area contributed by atoms with Crippen LogP contribution in [0.25, 0.3) is 10.8 Å². The van der Waals surface area contributed by atoms with Crippen molar-refractivity contribution in [2.24, 2.45) is 0 Å². The maximum atomic E-state index is 2.38. The lowest BCUT2D eigenvalue weighted by Gasteiger charge is -2.15. The van der Waals surface area contributed by atoms with E-state index >= 15 is 0 Å². The number of fused-ring (bicyclic) bond motifs is 1. The lowest BCUT2D eigenvalue weighted by Crippen LogP contribution is -2.13. The summed E-state index contributed by atoms with van der Waals surface area (Å²) in [5, 5.41) is 2.68. The van der Waals surface area contributed by atoms with Gasteiger partial charge in [-0.25, -0.2) is 0 Å². The molecule has 0 saturated carbocycles. The lowest BCUT2D eigenvalue weighted by molar-refractivity contribution is 1.52. The predicted molar refractivity (Wildman–Crippen MR) is 73.2 cm³/mol. The highest BCUT2D eigenvalue weighted by atomic mass is 32.4. The Balaban J connectivity index is 2.39. The monoisotopic (exact) mass is 232 g/mol. The summed E-state index contributed by atoms with van der Waals surface area (Å²) in [6.07, 6.45) is 0. The van der Waals surface area contributed by atoms with Gasteiger partial charge in [0.05, 0.1) is 0 Å². The molecule has 0 spiro atoms. The van der Waals surface area contributed by atoms with Crippen molar-refractivity contribution in [3.63, 3.8) is 0 Å². The van der Waals surface area contributed by atoms with E-state index in [1.54, 1.807) is 0 Å². The summed E-state index contributed by atoms with van der Waals surface area (Å²) in [4.78, 5) is 1.41. The number of hydrogen-bond acceptors (Lipinski definition) is 1. The number of benzene rings is 2. The number of hydrogen-bond donors (Lipinski definition) is 0. The van der Waals surface area contributed by atoms with Gasteiger partial charge in [0.1, 0.15) is 7.22 Å². The van der Waals surface area contributed by atoms with Gasteiger partial charge in [-0.05, 0) is 22.9 Å². The van der Waals surface area contributed by atoms with Crippen LogP contribution in [0.1, 0.15) is 0 Å². The molecule has 78 valence electrons. The Labute approximate surface area is 96.4 Å². The second-order valence-corrected chi connectivity index (χ2v) is 13.9. The third kappa shape index (κ3) is 2.86. The maximum Gasteiger partial charge on any atom is 0.114 e. The second kappa shape index (κ2) is 4.03. The Morgan fingerprint density at radius 2 is 1.53 bits per heavy atom. The fourth-order valence-corrected chi connectivity index (χ4v) is 5.12. The molecule has 0 N–H and O–H groups in total. The Kier molecular flexibility index (Phi) is 2.89. The number of rotatable bonds is 2. The van der Waals surface area contributed by atoms with Crippen molar-refractivity contribution in [3.8, 4) is 0 Å². The largest absolute Gasteiger partial charge is 0.152 e. The molecule has 2 rings (SSSR count). The molecule has 0 aliphatic carbocycles. The first-order valence-corrected chi connectivity index (χ1v) is 10.3. The molecule has 0 atom stereocenters. The first-order chi connectivity index (χ1) is 7.04. The first kappa shape index (κ1) is 10.8. The van der Waals surface area contributed by atoms with Crippen LogP contribution in [-0.4, -0.2) is 7.22 Å². The molecule has 2 heteroatoms. The van der Waals surface area contributed by atoms with E-state index < -0.39 is 7.22 Å². The summed E-state index contributed by atoms with van der Waals surface area (Å²) in [7, 11) is -1.07. The van der Waals surface area contributed by atoms with Gasteiger partial charge in [-0.1, -0.05) is 50.0 Å². The SMILES string of the molecule is C[Si](C)(C)Sc1ccc2ccccc2c1. The minimum atomic E-state index is -1.07. The van der Waals surface area contributed by atoms with Gasteiger partial charge in [-0.15, -0.1) is 0 Å². The molecular formula is C13H16SSi. The molecule has 0 aliphatic heterocycles. The van der Waals surface area contributed by atoms with E-state index in [9.17, 15) is 0 Å². The minimum absolute atomic E-state index is 1.07. The quantitative estimate of drug-likeness (QED) is 0.672. The minimum Gasteiger partial charge on any atom is -0.152 e. The van der Waals surface area contributed by atoms with Crippen molar-refractivity contribution in [1.29, 1.82) is 0 Å². The van der Waals surface area contributed by atoms with Gasteiger partial charge in [0.15, 0.2) is 0 Å². The molecule has 0 radical (unpaired) electrons. The van der Waals surface area contributed by atoms with E-state index in [2.05, 4.69) is 73.3 Å². The molecule has 0 unspecified atom stereocenters. The summed E-state index contributed by atoms with van der Waals surface area (Å²) < 4.78 is 0. The van der Waals surface area contributed by atoms with E-state index in [1.807, 2.05) is 0 Å². The zero-order valence-electron chi connectivity index (χ0n) is 9.45. The molecule has 0 fully saturated rings. The van der Waals surface area contributed by atoms with E-state index in [-0.39, 0.29) is 0 Å². The van der Waals surface area contributed by atoms with Gasteiger partial charge >= 0.3 is 0 Å². The highest BCUT2D eigenvalue weighted by Gasteiger charge is 2.14. The molecule has 0 nitrogen and oxygen atoms in total. The molecule has 0 saturated heterocycles. The van der Waals surface area contributed by atoms with Crippen LogP contribution >= 0.6 is 11.2 Å². The Morgan fingerprint density at radius 3 is 2.20 bits per heavy atom. The van der Waals surface area contributed by atoms with Gasteiger partial charge in [-0.3, -0.25) is 0 Å². The molecule has 15 heavy (non-hydrogen) atoms. The summed E-state index contributed by atoms with van der Waals surface area (Å²) >= 11 is 2.05. The van der Waals surface area contributed by atoms with Gasteiger partial charge in [-0.2, -0.15) is 11.2 Å². The molecule has 0 aromatic heterocycles. The highest BCUT2D eigenvalue weighted by Crippen LogP contribution is 2.30. The van der Waals surface area contributed by atoms with Crippen LogP contribution in [0.3, 0.4) is 0 Å². The van der Waals surface area contributed by atoms with Crippen LogP contribution in [0.15, 0.2) is 47.4 Å². The van der Waals surface area contributed by atoms with E-state index in [0.717, 1.165) is 0 Å². The second-order valence-electron chi connectivity index (χ2n) is 4.72. The van der Waals surface area contributed by atoms with Crippen LogP contribution in [0.5, 0.6) is 0 Å². The molecule has 0 bridgehead atoms. The molecule has 2 aromatic carbocycles. The Bertz CT molecular complexity index is 471. The normalized spacial score (nSPS) is 11.9. The Hall–Kier alpha value is -0.733. The fourth-order valence-electron chi connectivity index (χ4n) is 1.58. The lowest BCUT2D eigenvalue weighted by atomic mass is 10.1. The van der Waals surface area contributed by atoms with E-state index in [1.165, 1.54) is 15.7 Å². The van der Waals surface area contributed by atoms with Crippen molar-refractivity contribution in [2.45, 2.75) is 24.5 Å². The maximum absolute atomic E-state index is 2.38. The summed E-state index contributed by atoms with van der Waals surface area (Å²) in [6.45, 7) is 7.15. The molecule has 0 heterocycles. The topological polar surface area (TPSA) is 0 Å². The zero-order valence-corrected chi connectivity index (χ0v) is 11.3. The van der Waals surface area contributed by atoms with Crippen LogP contribution in [0, 0.1) is 0 Å². The molecular weight excluding hydrogens is 216 g/mol. The first-order valence-electron chi connectivity index (χ1n) is 5.22. The summed E-state index contributed by atoms with van der Waals surface area (Å²) in [6, 6.07) is 15.3. The highest BCUT2D eigenvalue weighted by molar-refractivity contribution is 8.28. The average molecular weight is 232 g/mol. The predicted octanol–water partition coefficient (Wildman–Crippen LogP) is 4.77. The van der Waals surface area contributed by atoms with Crippen molar-refractivity contribution >= 4 is 29.2 Å². The smallest absolute Gasteiger partial charge is 0.114 e. The van der Waals surface area contributed by atoms with Crippen molar-refractivity contribution < 1.29 is 0 Å². The average Bonchev–Trinajstić information content (AvgIpc) is 2.15. The molecule has 2 aromatic rings. The summed E-state index contributed by atoms with van der Waals surface area (Å²) in [5.41, 5.74) is 0. The van der Waals surface area contributed by atoms with Crippen molar-refractivity contribution in [2.75, 3.05) is 0 Å². The molecule has 0 aliphatic rings.